The van der Waals surface area contributed by atoms with Gasteiger partial charge < -0.3 is 5.32 Å². The van der Waals surface area contributed by atoms with Crippen LogP contribution in [0.4, 0.5) is 5.69 Å². The Morgan fingerprint density at radius 2 is 1.95 bits per heavy atom. The number of carbonyl (C=O) groups is 1. The van der Waals surface area contributed by atoms with Crippen molar-refractivity contribution >= 4 is 41.0 Å². The van der Waals surface area contributed by atoms with E-state index in [0.29, 0.717) is 15.6 Å². The molecule has 0 saturated heterocycles. The number of hydrogen-bond donors (Lipinski definition) is 2. The third-order valence-corrected chi connectivity index (χ3v) is 3.79. The summed E-state index contributed by atoms with van der Waals surface area (Å²) in [6.07, 6.45) is 1.46. The van der Waals surface area contributed by atoms with Gasteiger partial charge in [0, 0.05) is 11.3 Å². The van der Waals surface area contributed by atoms with Crippen LogP contribution in [0.25, 0.3) is 0 Å². The number of rotatable bonds is 5. The number of amides is 1. The average molecular weight is 336 g/mol. The first-order valence-corrected chi connectivity index (χ1v) is 7.39. The number of hydrazone groups is 1. The Kier molecular flexibility index (Phi) is 5.81. The van der Waals surface area contributed by atoms with Gasteiger partial charge in [0.1, 0.15) is 0 Å². The van der Waals surface area contributed by atoms with E-state index in [1.54, 1.807) is 18.2 Å². The van der Waals surface area contributed by atoms with Crippen molar-refractivity contribution in [2.24, 2.45) is 5.10 Å². The second-order valence-electron chi connectivity index (χ2n) is 4.60. The molecule has 1 amide bonds. The highest BCUT2D eigenvalue weighted by Gasteiger charge is 2.03. The first-order valence-electron chi connectivity index (χ1n) is 6.63. The summed E-state index contributed by atoms with van der Waals surface area (Å²) < 4.78 is 0. The number of para-hydroxylation sites is 1. The fourth-order valence-corrected chi connectivity index (χ4v) is 2.14. The zero-order chi connectivity index (χ0) is 15.9. The lowest BCUT2D eigenvalue weighted by molar-refractivity contribution is -0.119. The van der Waals surface area contributed by atoms with Gasteiger partial charge >= 0.3 is 0 Å². The number of nitrogens with one attached hydrogen (secondary N) is 2. The van der Waals surface area contributed by atoms with Crippen molar-refractivity contribution in [2.75, 3.05) is 11.9 Å². The standard InChI is InChI=1S/C16H15Cl2N3O/c1-11-5-2-3-8-14(11)19-10-15(22)21-20-9-12-6-4-7-13(17)16(12)18/h2-9,19H,10H2,1H3,(H,21,22)/b20-9+. The van der Waals surface area contributed by atoms with Crippen molar-refractivity contribution in [3.05, 3.63) is 63.6 Å². The first-order chi connectivity index (χ1) is 10.6. The molecule has 0 heterocycles. The molecule has 2 aromatic rings. The molecule has 0 bridgehead atoms. The Morgan fingerprint density at radius 1 is 1.18 bits per heavy atom. The van der Waals surface area contributed by atoms with Crippen molar-refractivity contribution in [3.8, 4) is 0 Å². The lowest BCUT2D eigenvalue weighted by Crippen LogP contribution is -2.26. The van der Waals surface area contributed by atoms with Gasteiger partial charge in [0.2, 0.25) is 0 Å². The predicted octanol–water partition coefficient (Wildman–Crippen LogP) is 3.86. The van der Waals surface area contributed by atoms with Crippen LogP contribution < -0.4 is 10.7 Å². The lowest BCUT2D eigenvalue weighted by atomic mass is 10.2. The van der Waals surface area contributed by atoms with Crippen LogP contribution in [-0.2, 0) is 4.79 Å². The van der Waals surface area contributed by atoms with Gasteiger partial charge in [0.15, 0.2) is 0 Å². The summed E-state index contributed by atoms with van der Waals surface area (Å²) in [5, 5.41) is 7.77. The molecule has 114 valence electrons. The van der Waals surface area contributed by atoms with Crippen LogP contribution in [0.1, 0.15) is 11.1 Å². The molecule has 0 aliphatic heterocycles. The zero-order valence-corrected chi connectivity index (χ0v) is 13.4. The molecular formula is C16H15Cl2N3O. The molecule has 4 nitrogen and oxygen atoms in total. The molecule has 0 fully saturated rings. The van der Waals surface area contributed by atoms with Crippen LogP contribution in [0.15, 0.2) is 47.6 Å². The maximum atomic E-state index is 11.7. The molecule has 6 heteroatoms. The first kappa shape index (κ1) is 16.3. The van der Waals surface area contributed by atoms with Gasteiger partial charge in [-0.1, -0.05) is 53.5 Å². The number of hydrogen-bond acceptors (Lipinski definition) is 3. The van der Waals surface area contributed by atoms with Gasteiger partial charge in [-0.25, -0.2) is 5.43 Å². The third-order valence-electron chi connectivity index (χ3n) is 2.96. The summed E-state index contributed by atoms with van der Waals surface area (Å²) in [5.74, 6) is -0.252. The van der Waals surface area contributed by atoms with Crippen molar-refractivity contribution in [3.63, 3.8) is 0 Å². The minimum Gasteiger partial charge on any atom is -0.376 e. The fourth-order valence-electron chi connectivity index (χ4n) is 1.78. The third kappa shape index (κ3) is 4.48. The molecule has 2 aromatic carbocycles. The van der Waals surface area contributed by atoms with Crippen molar-refractivity contribution in [2.45, 2.75) is 6.92 Å². The Bertz CT molecular complexity index is 702. The number of nitrogens with zero attached hydrogens (tertiary/aromatic N) is 1. The van der Waals surface area contributed by atoms with Crippen LogP contribution >= 0.6 is 23.2 Å². The number of anilines is 1. The number of carbonyl (C=O) groups excluding carboxylic acids is 1. The maximum absolute atomic E-state index is 11.7. The molecule has 0 unspecified atom stereocenters. The van der Waals surface area contributed by atoms with E-state index in [9.17, 15) is 4.79 Å². The summed E-state index contributed by atoms with van der Waals surface area (Å²) in [5.41, 5.74) is 5.06. The quantitative estimate of drug-likeness (QED) is 0.643. The zero-order valence-electron chi connectivity index (χ0n) is 11.9. The lowest BCUT2D eigenvalue weighted by Gasteiger charge is -2.07. The number of benzene rings is 2. The van der Waals surface area contributed by atoms with E-state index >= 15 is 0 Å². The van der Waals surface area contributed by atoms with Gasteiger partial charge in [-0.05, 0) is 24.6 Å². The predicted molar refractivity (Wildman–Crippen MR) is 91.9 cm³/mol. The highest BCUT2D eigenvalue weighted by molar-refractivity contribution is 6.43. The molecule has 0 aromatic heterocycles. The molecule has 0 spiro atoms. The molecule has 22 heavy (non-hydrogen) atoms. The number of halogens is 2. The molecule has 0 aliphatic rings. The highest BCUT2D eigenvalue weighted by atomic mass is 35.5. The summed E-state index contributed by atoms with van der Waals surface area (Å²) >= 11 is 11.9. The molecule has 2 rings (SSSR count). The maximum Gasteiger partial charge on any atom is 0.259 e. The monoisotopic (exact) mass is 335 g/mol. The SMILES string of the molecule is Cc1ccccc1NCC(=O)N/N=C/c1cccc(Cl)c1Cl. The van der Waals surface area contributed by atoms with Crippen LogP contribution in [-0.4, -0.2) is 18.7 Å². The van der Waals surface area contributed by atoms with Gasteiger partial charge in [0.25, 0.3) is 5.91 Å². The topological polar surface area (TPSA) is 53.5 Å². The van der Waals surface area contributed by atoms with E-state index in [1.807, 2.05) is 31.2 Å². The van der Waals surface area contributed by atoms with E-state index < -0.39 is 0 Å². The second-order valence-corrected chi connectivity index (χ2v) is 5.39. The van der Waals surface area contributed by atoms with Crippen LogP contribution in [0, 0.1) is 6.92 Å². The molecular weight excluding hydrogens is 321 g/mol. The summed E-state index contributed by atoms with van der Waals surface area (Å²) in [6, 6.07) is 12.9. The van der Waals surface area contributed by atoms with Gasteiger partial charge in [-0.3, -0.25) is 4.79 Å². The molecule has 0 aliphatic carbocycles. The fraction of sp³-hybridized carbons (Fsp3) is 0.125. The molecule has 2 N–H and O–H groups in total. The highest BCUT2D eigenvalue weighted by Crippen LogP contribution is 2.24. The van der Waals surface area contributed by atoms with Crippen LogP contribution in [0.5, 0.6) is 0 Å². The summed E-state index contributed by atoms with van der Waals surface area (Å²) in [4.78, 5) is 11.7. The Labute approximate surface area is 139 Å². The van der Waals surface area contributed by atoms with E-state index in [4.69, 9.17) is 23.2 Å². The van der Waals surface area contributed by atoms with Crippen LogP contribution in [0.3, 0.4) is 0 Å². The van der Waals surface area contributed by atoms with Crippen LogP contribution in [0.2, 0.25) is 10.0 Å². The Morgan fingerprint density at radius 3 is 2.73 bits per heavy atom. The number of aryl methyl sites for hydroxylation is 1. The van der Waals surface area contributed by atoms with Crippen molar-refractivity contribution < 1.29 is 4.79 Å². The van der Waals surface area contributed by atoms with E-state index in [2.05, 4.69) is 15.8 Å². The average Bonchev–Trinajstić information content (AvgIpc) is 2.51. The normalized spacial score (nSPS) is 10.7. The molecule has 0 atom stereocenters. The minimum atomic E-state index is -0.252. The van der Waals surface area contributed by atoms with Gasteiger partial charge in [-0.2, -0.15) is 5.10 Å². The minimum absolute atomic E-state index is 0.130. The van der Waals surface area contributed by atoms with Crippen molar-refractivity contribution in [1.29, 1.82) is 0 Å². The van der Waals surface area contributed by atoms with Gasteiger partial charge in [-0.15, -0.1) is 0 Å². The van der Waals surface area contributed by atoms with Gasteiger partial charge in [0.05, 0.1) is 22.8 Å². The summed E-state index contributed by atoms with van der Waals surface area (Å²) in [6.45, 7) is 2.10. The smallest absolute Gasteiger partial charge is 0.259 e. The molecule has 0 saturated carbocycles. The Hall–Kier alpha value is -2.04. The largest absolute Gasteiger partial charge is 0.376 e. The van der Waals surface area contributed by atoms with Crippen molar-refractivity contribution in [1.82, 2.24) is 5.43 Å². The van der Waals surface area contributed by atoms with E-state index in [1.165, 1.54) is 6.21 Å². The van der Waals surface area contributed by atoms with E-state index in [0.717, 1.165) is 11.3 Å². The molecule has 0 radical (unpaired) electrons. The Balaban J connectivity index is 1.86. The summed E-state index contributed by atoms with van der Waals surface area (Å²) in [7, 11) is 0. The second kappa shape index (κ2) is 7.82. The van der Waals surface area contributed by atoms with E-state index in [-0.39, 0.29) is 12.5 Å².